The van der Waals surface area contributed by atoms with Crippen LogP contribution in [0.15, 0.2) is 36.4 Å². The topological polar surface area (TPSA) is 92.4 Å². The summed E-state index contributed by atoms with van der Waals surface area (Å²) in [7, 11) is 0. The smallest absolute Gasteiger partial charge is 0.335 e. The van der Waals surface area contributed by atoms with Crippen LogP contribution in [0.5, 0.6) is 0 Å². The van der Waals surface area contributed by atoms with Gasteiger partial charge in [-0.05, 0) is 42.8 Å². The molecule has 2 aromatic carbocycles. The van der Waals surface area contributed by atoms with Crippen LogP contribution in [-0.2, 0) is 0 Å². The molecule has 1 amide bonds. The highest BCUT2D eigenvalue weighted by Gasteiger charge is 2.11. The Morgan fingerprint density at radius 2 is 1.86 bits per heavy atom. The third kappa shape index (κ3) is 3.32. The Balaban J connectivity index is 2.40. The predicted molar refractivity (Wildman–Crippen MR) is 81.4 cm³/mol. The molecule has 0 unspecified atom stereocenters. The molecule has 6 heteroatoms. The van der Waals surface area contributed by atoms with Crippen molar-refractivity contribution < 1.29 is 14.7 Å². The summed E-state index contributed by atoms with van der Waals surface area (Å²) in [4.78, 5) is 22.3. The number of carboxylic acid groups (broad SMARTS) is 1. The summed E-state index contributed by atoms with van der Waals surface area (Å²) in [6.45, 7) is 1.88. The quantitative estimate of drug-likeness (QED) is 0.808. The molecule has 0 radical (unpaired) electrons. The molecule has 2 aromatic rings. The van der Waals surface area contributed by atoms with E-state index in [9.17, 15) is 9.59 Å². The summed E-state index contributed by atoms with van der Waals surface area (Å²) in [5.74, 6) is -1.62. The molecular weight excluding hydrogens is 292 g/mol. The number of nitrogens with one attached hydrogen (secondary N) is 1. The standard InChI is InChI=1S/C15H13ClN2O3/c1-8-2-4-10(14(17)19)13(6-8)18-12-5-3-9(15(20)21)7-11(12)16/h2-7,18H,1H3,(H2,17,19)(H,20,21). The summed E-state index contributed by atoms with van der Waals surface area (Å²) >= 11 is 6.05. The van der Waals surface area contributed by atoms with Gasteiger partial charge in [0.05, 0.1) is 27.5 Å². The van der Waals surface area contributed by atoms with Gasteiger partial charge in [0.2, 0.25) is 0 Å². The fourth-order valence-corrected chi connectivity index (χ4v) is 2.10. The first-order chi connectivity index (χ1) is 9.88. The number of primary amides is 1. The fraction of sp³-hybridized carbons (Fsp3) is 0.0667. The summed E-state index contributed by atoms with van der Waals surface area (Å²) in [6.07, 6.45) is 0. The maximum Gasteiger partial charge on any atom is 0.335 e. The van der Waals surface area contributed by atoms with Crippen molar-refractivity contribution in [3.05, 3.63) is 58.1 Å². The van der Waals surface area contributed by atoms with Gasteiger partial charge in [0.1, 0.15) is 0 Å². The molecule has 0 bridgehead atoms. The molecule has 4 N–H and O–H groups in total. The number of hydrogen-bond acceptors (Lipinski definition) is 3. The molecule has 0 spiro atoms. The van der Waals surface area contributed by atoms with Crippen molar-refractivity contribution in [1.29, 1.82) is 0 Å². The largest absolute Gasteiger partial charge is 0.478 e. The lowest BCUT2D eigenvalue weighted by atomic mass is 10.1. The summed E-state index contributed by atoms with van der Waals surface area (Å²) < 4.78 is 0. The minimum atomic E-state index is -1.06. The van der Waals surface area contributed by atoms with E-state index in [1.807, 2.05) is 6.92 Å². The third-order valence-corrected chi connectivity index (χ3v) is 3.24. The molecule has 0 aliphatic heterocycles. The van der Waals surface area contributed by atoms with E-state index < -0.39 is 11.9 Å². The zero-order valence-electron chi connectivity index (χ0n) is 11.2. The average Bonchev–Trinajstić information content (AvgIpc) is 2.40. The highest BCUT2D eigenvalue weighted by Crippen LogP contribution is 2.28. The minimum absolute atomic E-state index is 0.0879. The van der Waals surface area contributed by atoms with Crippen LogP contribution < -0.4 is 11.1 Å². The summed E-state index contributed by atoms with van der Waals surface area (Å²) in [6, 6.07) is 9.47. The number of rotatable bonds is 4. The van der Waals surface area contributed by atoms with Crippen LogP contribution in [0.2, 0.25) is 5.02 Å². The molecule has 0 fully saturated rings. The first-order valence-corrected chi connectivity index (χ1v) is 6.46. The van der Waals surface area contributed by atoms with Gasteiger partial charge >= 0.3 is 5.97 Å². The van der Waals surface area contributed by atoms with Crippen LogP contribution in [-0.4, -0.2) is 17.0 Å². The Morgan fingerprint density at radius 3 is 2.43 bits per heavy atom. The Morgan fingerprint density at radius 1 is 1.14 bits per heavy atom. The zero-order valence-corrected chi connectivity index (χ0v) is 11.9. The van der Waals surface area contributed by atoms with Gasteiger partial charge in [-0.15, -0.1) is 0 Å². The minimum Gasteiger partial charge on any atom is -0.478 e. The summed E-state index contributed by atoms with van der Waals surface area (Å²) in [5, 5.41) is 12.1. The van der Waals surface area contributed by atoms with Crippen LogP contribution in [0.3, 0.4) is 0 Å². The zero-order chi connectivity index (χ0) is 15.6. The van der Waals surface area contributed by atoms with Crippen LogP contribution >= 0.6 is 11.6 Å². The lowest BCUT2D eigenvalue weighted by Gasteiger charge is -2.12. The number of carboxylic acids is 1. The van der Waals surface area contributed by atoms with E-state index in [0.29, 0.717) is 16.9 Å². The number of carbonyl (C=O) groups excluding carboxylic acids is 1. The maximum absolute atomic E-state index is 11.4. The van der Waals surface area contributed by atoms with E-state index in [2.05, 4.69) is 5.32 Å². The molecule has 0 atom stereocenters. The van der Waals surface area contributed by atoms with E-state index in [1.165, 1.54) is 12.1 Å². The number of carbonyl (C=O) groups is 2. The normalized spacial score (nSPS) is 10.2. The maximum atomic E-state index is 11.4. The van der Waals surface area contributed by atoms with Gasteiger partial charge in [-0.1, -0.05) is 17.7 Å². The van der Waals surface area contributed by atoms with Crippen LogP contribution in [0.1, 0.15) is 26.3 Å². The Labute approximate surface area is 126 Å². The molecule has 0 saturated carbocycles. The number of halogens is 1. The number of anilines is 2. The van der Waals surface area contributed by atoms with Gasteiger partial charge in [-0.2, -0.15) is 0 Å². The van der Waals surface area contributed by atoms with Crippen molar-refractivity contribution in [1.82, 2.24) is 0 Å². The molecule has 0 aliphatic rings. The first kappa shape index (κ1) is 14.9. The molecule has 0 heterocycles. The highest BCUT2D eigenvalue weighted by atomic mass is 35.5. The molecule has 0 aromatic heterocycles. The molecule has 0 saturated heterocycles. The van der Waals surface area contributed by atoms with Crippen molar-refractivity contribution in [2.24, 2.45) is 5.73 Å². The average molecular weight is 305 g/mol. The van der Waals surface area contributed by atoms with Crippen LogP contribution in [0.25, 0.3) is 0 Å². The van der Waals surface area contributed by atoms with E-state index >= 15 is 0 Å². The second kappa shape index (κ2) is 5.85. The van der Waals surface area contributed by atoms with Crippen molar-refractivity contribution in [3.8, 4) is 0 Å². The second-order valence-electron chi connectivity index (χ2n) is 4.54. The Kier molecular flexibility index (Phi) is 4.14. The highest BCUT2D eigenvalue weighted by molar-refractivity contribution is 6.33. The SMILES string of the molecule is Cc1ccc(C(N)=O)c(Nc2ccc(C(=O)O)cc2Cl)c1. The van der Waals surface area contributed by atoms with Crippen LogP contribution in [0.4, 0.5) is 11.4 Å². The van der Waals surface area contributed by atoms with Gasteiger partial charge in [0, 0.05) is 0 Å². The number of aromatic carboxylic acids is 1. The van der Waals surface area contributed by atoms with Gasteiger partial charge < -0.3 is 16.2 Å². The van der Waals surface area contributed by atoms with Crippen LogP contribution in [0, 0.1) is 6.92 Å². The first-order valence-electron chi connectivity index (χ1n) is 6.09. The van der Waals surface area contributed by atoms with Crippen molar-refractivity contribution in [2.75, 3.05) is 5.32 Å². The van der Waals surface area contributed by atoms with E-state index in [0.717, 1.165) is 5.56 Å². The monoisotopic (exact) mass is 304 g/mol. The Hall–Kier alpha value is -2.53. The molecule has 2 rings (SSSR count). The van der Waals surface area contributed by atoms with E-state index in [4.69, 9.17) is 22.4 Å². The lowest BCUT2D eigenvalue weighted by molar-refractivity contribution is 0.0696. The van der Waals surface area contributed by atoms with Gasteiger partial charge in [0.15, 0.2) is 0 Å². The summed E-state index contributed by atoms with van der Waals surface area (Å²) in [5.41, 5.74) is 7.71. The van der Waals surface area contributed by atoms with Crippen molar-refractivity contribution in [3.63, 3.8) is 0 Å². The fourth-order valence-electron chi connectivity index (χ4n) is 1.87. The molecule has 108 valence electrons. The predicted octanol–water partition coefficient (Wildman–Crippen LogP) is 3.19. The van der Waals surface area contributed by atoms with E-state index in [-0.39, 0.29) is 10.6 Å². The number of nitrogens with two attached hydrogens (primary N) is 1. The van der Waals surface area contributed by atoms with Gasteiger partial charge in [0.25, 0.3) is 5.91 Å². The molecule has 0 aliphatic carbocycles. The van der Waals surface area contributed by atoms with Gasteiger partial charge in [-0.3, -0.25) is 4.79 Å². The lowest BCUT2D eigenvalue weighted by Crippen LogP contribution is -2.13. The second-order valence-corrected chi connectivity index (χ2v) is 4.95. The van der Waals surface area contributed by atoms with Crippen molar-refractivity contribution in [2.45, 2.75) is 6.92 Å². The van der Waals surface area contributed by atoms with Crippen molar-refractivity contribution >= 4 is 34.9 Å². The number of amides is 1. The Bertz CT molecular complexity index is 729. The molecular formula is C15H13ClN2O3. The number of hydrogen-bond donors (Lipinski definition) is 3. The van der Waals surface area contributed by atoms with Gasteiger partial charge in [-0.25, -0.2) is 4.79 Å². The van der Waals surface area contributed by atoms with E-state index in [1.54, 1.807) is 24.3 Å². The molecule has 21 heavy (non-hydrogen) atoms. The molecule has 5 nitrogen and oxygen atoms in total. The number of benzene rings is 2. The third-order valence-electron chi connectivity index (χ3n) is 2.93. The number of aryl methyl sites for hydroxylation is 1.